The average molecular weight is 344 g/mol. The van der Waals surface area contributed by atoms with Crippen molar-refractivity contribution in [2.24, 2.45) is 0 Å². The van der Waals surface area contributed by atoms with Gasteiger partial charge < -0.3 is 4.74 Å². The maximum Gasteiger partial charge on any atom is 0.276 e. The molecule has 5 rings (SSSR count). The number of nitrogens with zero attached hydrogens (tertiary/aromatic N) is 3. The molecule has 134 valence electrons. The van der Waals surface area contributed by atoms with E-state index in [9.17, 15) is 4.79 Å². The number of hydrogen-bond acceptors (Lipinski definition) is 6. The number of rotatable bonds is 4. The minimum absolute atomic E-state index is 0.0156. The van der Waals surface area contributed by atoms with Crippen LogP contribution in [-0.4, -0.2) is 69.8 Å². The number of pyridine rings is 1. The fraction of sp³-hybridized carbons (Fsp3) is 0.667. The Bertz CT molecular complexity index is 708. The first-order valence-electron chi connectivity index (χ1n) is 9.20. The van der Waals surface area contributed by atoms with Gasteiger partial charge in [0.15, 0.2) is 0 Å². The van der Waals surface area contributed by atoms with E-state index in [-0.39, 0.29) is 5.60 Å². The number of morpholine rings is 1. The second-order valence-corrected chi connectivity index (χ2v) is 7.99. The molecule has 1 saturated carbocycles. The number of carbonyl (C=O) groups excluding carboxylic acids is 1. The van der Waals surface area contributed by atoms with Gasteiger partial charge in [0.1, 0.15) is 0 Å². The predicted octanol–water partition coefficient (Wildman–Crippen LogP) is 0.564. The Labute approximate surface area is 146 Å². The molecular weight excluding hydrogens is 320 g/mol. The third kappa shape index (κ3) is 2.75. The summed E-state index contributed by atoms with van der Waals surface area (Å²) in [6.07, 6.45) is 6.28. The molecule has 25 heavy (non-hydrogen) atoms. The highest BCUT2D eigenvalue weighted by atomic mass is 16.5. The quantitative estimate of drug-likeness (QED) is 0.614. The molecule has 4 aliphatic rings. The van der Waals surface area contributed by atoms with E-state index in [0.29, 0.717) is 11.6 Å². The maximum absolute atomic E-state index is 11.6. The molecule has 1 aromatic rings. The number of hydroxylamine groups is 1. The number of ether oxygens (including phenoxy) is 1. The van der Waals surface area contributed by atoms with Crippen LogP contribution in [0.1, 0.15) is 40.9 Å². The van der Waals surface area contributed by atoms with Crippen molar-refractivity contribution in [1.82, 2.24) is 20.3 Å². The van der Waals surface area contributed by atoms with Crippen LogP contribution in [0.3, 0.4) is 0 Å². The van der Waals surface area contributed by atoms with E-state index < -0.39 is 5.91 Å². The fourth-order valence-electron chi connectivity index (χ4n) is 4.81. The van der Waals surface area contributed by atoms with Crippen molar-refractivity contribution in [2.75, 3.05) is 26.2 Å². The van der Waals surface area contributed by atoms with Gasteiger partial charge in [-0.3, -0.25) is 24.8 Å². The number of likely N-dealkylation sites (tertiary alicyclic amines) is 1. The van der Waals surface area contributed by atoms with Crippen molar-refractivity contribution in [3.63, 3.8) is 0 Å². The minimum Gasteiger partial charge on any atom is -0.371 e. The average Bonchev–Trinajstić information content (AvgIpc) is 3.33. The highest BCUT2D eigenvalue weighted by molar-refractivity contribution is 5.93. The number of carbonyl (C=O) groups is 1. The molecule has 0 unspecified atom stereocenters. The highest BCUT2D eigenvalue weighted by Gasteiger charge is 2.54. The smallest absolute Gasteiger partial charge is 0.276 e. The number of fused-ring (bicyclic) bond motifs is 3. The predicted molar refractivity (Wildman–Crippen MR) is 89.3 cm³/mol. The molecule has 4 heterocycles. The molecule has 1 aliphatic carbocycles. The molecule has 2 bridgehead atoms. The van der Waals surface area contributed by atoms with Gasteiger partial charge in [-0.05, 0) is 30.9 Å². The Morgan fingerprint density at radius 1 is 1.44 bits per heavy atom. The monoisotopic (exact) mass is 344 g/mol. The molecular formula is C18H24N4O3. The molecule has 1 amide bonds. The number of hydrogen-bond donors (Lipinski definition) is 2. The molecule has 0 aromatic carbocycles. The number of nitrogens with one attached hydrogen (secondary N) is 1. The summed E-state index contributed by atoms with van der Waals surface area (Å²) in [7, 11) is 0. The first kappa shape index (κ1) is 15.7. The van der Waals surface area contributed by atoms with E-state index in [0.717, 1.165) is 62.9 Å². The molecule has 0 spiro atoms. The second kappa shape index (κ2) is 5.74. The molecule has 3 fully saturated rings. The van der Waals surface area contributed by atoms with Crippen molar-refractivity contribution in [3.05, 3.63) is 29.1 Å². The molecule has 2 N–H and O–H groups in total. The summed E-state index contributed by atoms with van der Waals surface area (Å²) in [6, 6.07) is 3.27. The molecule has 2 saturated heterocycles. The number of amides is 1. The van der Waals surface area contributed by atoms with Gasteiger partial charge in [0.05, 0.1) is 17.8 Å². The van der Waals surface area contributed by atoms with E-state index in [4.69, 9.17) is 9.94 Å². The molecule has 7 heteroatoms. The first-order valence-corrected chi connectivity index (χ1v) is 9.20. The minimum atomic E-state index is -0.510. The van der Waals surface area contributed by atoms with Crippen molar-refractivity contribution in [1.29, 1.82) is 0 Å². The van der Waals surface area contributed by atoms with E-state index in [2.05, 4.69) is 14.8 Å². The second-order valence-electron chi connectivity index (χ2n) is 7.99. The fourth-order valence-corrected chi connectivity index (χ4v) is 4.81. The first-order chi connectivity index (χ1) is 12.2. The summed E-state index contributed by atoms with van der Waals surface area (Å²) in [4.78, 5) is 21.1. The molecule has 1 aromatic heterocycles. The van der Waals surface area contributed by atoms with Gasteiger partial charge in [-0.15, -0.1) is 0 Å². The van der Waals surface area contributed by atoms with Crippen molar-refractivity contribution in [2.45, 2.75) is 49.9 Å². The lowest BCUT2D eigenvalue weighted by Gasteiger charge is -2.38. The normalized spacial score (nSPS) is 32.0. The largest absolute Gasteiger partial charge is 0.371 e. The summed E-state index contributed by atoms with van der Waals surface area (Å²) in [5.74, 6) is -0.510. The van der Waals surface area contributed by atoms with Crippen LogP contribution < -0.4 is 5.48 Å². The highest BCUT2D eigenvalue weighted by Crippen LogP contribution is 2.44. The van der Waals surface area contributed by atoms with Crippen LogP contribution in [-0.2, 0) is 17.7 Å². The van der Waals surface area contributed by atoms with Gasteiger partial charge >= 0.3 is 0 Å². The Kier molecular flexibility index (Phi) is 3.60. The van der Waals surface area contributed by atoms with Gasteiger partial charge in [-0.25, -0.2) is 5.48 Å². The zero-order valence-electron chi connectivity index (χ0n) is 14.3. The molecule has 2 atom stereocenters. The Morgan fingerprint density at radius 2 is 2.32 bits per heavy atom. The van der Waals surface area contributed by atoms with Crippen LogP contribution >= 0.6 is 0 Å². The topological polar surface area (TPSA) is 77.9 Å². The maximum atomic E-state index is 11.6. The van der Waals surface area contributed by atoms with Gasteiger partial charge in [-0.1, -0.05) is 0 Å². The third-order valence-corrected chi connectivity index (χ3v) is 6.14. The summed E-state index contributed by atoms with van der Waals surface area (Å²) in [5, 5.41) is 8.82. The van der Waals surface area contributed by atoms with Crippen LogP contribution in [0.15, 0.2) is 12.3 Å². The van der Waals surface area contributed by atoms with E-state index >= 15 is 0 Å². The van der Waals surface area contributed by atoms with Gasteiger partial charge in [0.2, 0.25) is 0 Å². The SMILES string of the molecule is O=C(NO)c1cnc2c(c1)CN(C[C@@]13C[C@@H](CO1)N(C1CC1)C3)CC2. The molecule has 3 aliphatic heterocycles. The van der Waals surface area contributed by atoms with Crippen molar-refractivity contribution in [3.8, 4) is 0 Å². The Hall–Kier alpha value is -1.54. The van der Waals surface area contributed by atoms with Gasteiger partial charge in [0.25, 0.3) is 5.91 Å². The van der Waals surface area contributed by atoms with Crippen molar-refractivity contribution >= 4 is 5.91 Å². The summed E-state index contributed by atoms with van der Waals surface area (Å²) in [6.45, 7) is 4.65. The van der Waals surface area contributed by atoms with Crippen LogP contribution in [0.5, 0.6) is 0 Å². The van der Waals surface area contributed by atoms with Crippen LogP contribution in [0.25, 0.3) is 0 Å². The summed E-state index contributed by atoms with van der Waals surface area (Å²) in [5.41, 5.74) is 4.20. The Balaban J connectivity index is 1.30. The summed E-state index contributed by atoms with van der Waals surface area (Å²) < 4.78 is 6.22. The standard InChI is InChI=1S/C18H24N4O3/c23-17(20-24)12-5-13-8-21(4-3-16(13)19-7-12)10-18-6-15(9-25-18)22(11-18)14-1-2-14/h5,7,14-15,24H,1-4,6,8-11H2,(H,20,23)/t15-,18+/m0/s1. The Morgan fingerprint density at radius 3 is 3.12 bits per heavy atom. The van der Waals surface area contributed by atoms with Crippen LogP contribution in [0.2, 0.25) is 0 Å². The van der Waals surface area contributed by atoms with E-state index in [1.165, 1.54) is 19.0 Å². The van der Waals surface area contributed by atoms with E-state index in [1.807, 2.05) is 6.07 Å². The van der Waals surface area contributed by atoms with Gasteiger partial charge in [-0.2, -0.15) is 0 Å². The molecule has 0 radical (unpaired) electrons. The number of aromatic nitrogens is 1. The molecule has 7 nitrogen and oxygen atoms in total. The van der Waals surface area contributed by atoms with Gasteiger partial charge in [0, 0.05) is 56.6 Å². The lowest BCUT2D eigenvalue weighted by molar-refractivity contribution is -0.0657. The van der Waals surface area contributed by atoms with Crippen molar-refractivity contribution < 1.29 is 14.7 Å². The lowest BCUT2D eigenvalue weighted by atomic mass is 9.98. The van der Waals surface area contributed by atoms with Crippen LogP contribution in [0, 0.1) is 0 Å². The van der Waals surface area contributed by atoms with E-state index in [1.54, 1.807) is 5.48 Å². The van der Waals surface area contributed by atoms with Crippen LogP contribution in [0.4, 0.5) is 0 Å². The zero-order valence-corrected chi connectivity index (χ0v) is 14.3. The zero-order chi connectivity index (χ0) is 17.0. The lowest BCUT2D eigenvalue weighted by Crippen LogP contribution is -2.50. The summed E-state index contributed by atoms with van der Waals surface area (Å²) >= 11 is 0. The third-order valence-electron chi connectivity index (χ3n) is 6.14.